The maximum absolute atomic E-state index is 13.0. The van der Waals surface area contributed by atoms with Crippen LogP contribution < -0.4 is 10.9 Å². The fourth-order valence-corrected chi connectivity index (χ4v) is 3.19. The fourth-order valence-electron chi connectivity index (χ4n) is 3.19. The van der Waals surface area contributed by atoms with Crippen LogP contribution in [0, 0.1) is 0 Å². The average Bonchev–Trinajstić information content (AvgIpc) is 3.07. The minimum absolute atomic E-state index is 0.0423. The number of carbonyl (C=O) groups excluding carboxylic acids is 1. The summed E-state index contributed by atoms with van der Waals surface area (Å²) in [5.74, 6) is -0.0423. The molecule has 0 bridgehead atoms. The third-order valence-corrected chi connectivity index (χ3v) is 4.53. The largest absolute Gasteiger partial charge is 0.357 e. The minimum atomic E-state index is -0.133. The second-order valence-corrected chi connectivity index (χ2v) is 5.95. The van der Waals surface area contributed by atoms with Gasteiger partial charge in [0.25, 0.3) is 11.5 Å². The van der Waals surface area contributed by atoms with E-state index in [1.165, 1.54) is 4.57 Å². The van der Waals surface area contributed by atoms with E-state index < -0.39 is 0 Å². The highest BCUT2D eigenvalue weighted by molar-refractivity contribution is 6.05. The van der Waals surface area contributed by atoms with Crippen LogP contribution in [0.25, 0.3) is 10.9 Å². The molecule has 122 valence electrons. The summed E-state index contributed by atoms with van der Waals surface area (Å²) in [5.41, 5.74) is 0.895. The zero-order valence-electron chi connectivity index (χ0n) is 13.3. The van der Waals surface area contributed by atoms with Crippen molar-refractivity contribution in [2.24, 2.45) is 0 Å². The SMILES string of the molecule is C=CCn1cc(C(=O)N(C)C2CCNCC2)c2cc[nH]c2c1=O. The summed E-state index contributed by atoms with van der Waals surface area (Å²) >= 11 is 0. The number of rotatable bonds is 4. The summed E-state index contributed by atoms with van der Waals surface area (Å²) < 4.78 is 1.52. The molecule has 2 aromatic heterocycles. The molecule has 2 N–H and O–H groups in total. The Kier molecular flexibility index (Phi) is 4.34. The Morgan fingerprint density at radius 1 is 1.48 bits per heavy atom. The molecule has 1 fully saturated rings. The molecule has 0 radical (unpaired) electrons. The van der Waals surface area contributed by atoms with Crippen molar-refractivity contribution in [1.29, 1.82) is 0 Å². The number of fused-ring (bicyclic) bond motifs is 1. The third kappa shape index (κ3) is 2.82. The third-order valence-electron chi connectivity index (χ3n) is 4.53. The predicted octanol–water partition coefficient (Wildman–Crippen LogP) is 1.34. The van der Waals surface area contributed by atoms with Gasteiger partial charge < -0.3 is 19.8 Å². The van der Waals surface area contributed by atoms with E-state index in [1.54, 1.807) is 24.5 Å². The highest BCUT2D eigenvalue weighted by Gasteiger charge is 2.25. The highest BCUT2D eigenvalue weighted by atomic mass is 16.2. The molecule has 6 heteroatoms. The van der Waals surface area contributed by atoms with E-state index in [9.17, 15) is 9.59 Å². The Morgan fingerprint density at radius 2 is 2.22 bits per heavy atom. The first-order chi connectivity index (χ1) is 11.1. The van der Waals surface area contributed by atoms with E-state index in [2.05, 4.69) is 16.9 Å². The van der Waals surface area contributed by atoms with E-state index >= 15 is 0 Å². The van der Waals surface area contributed by atoms with Gasteiger partial charge in [0.2, 0.25) is 0 Å². The number of nitrogens with zero attached hydrogens (tertiary/aromatic N) is 2. The molecular weight excluding hydrogens is 292 g/mol. The number of hydrogen-bond donors (Lipinski definition) is 2. The zero-order chi connectivity index (χ0) is 16.4. The molecular formula is C17H22N4O2. The first-order valence-electron chi connectivity index (χ1n) is 7.92. The van der Waals surface area contributed by atoms with Crippen LogP contribution in [0.15, 0.2) is 35.9 Å². The lowest BCUT2D eigenvalue weighted by atomic mass is 10.0. The topological polar surface area (TPSA) is 70.1 Å². The van der Waals surface area contributed by atoms with Gasteiger partial charge in [0.15, 0.2) is 0 Å². The first kappa shape index (κ1) is 15.6. The maximum atomic E-state index is 13.0. The number of allylic oxidation sites excluding steroid dienone is 1. The summed E-state index contributed by atoms with van der Waals surface area (Å²) in [4.78, 5) is 30.1. The van der Waals surface area contributed by atoms with Crippen LogP contribution in [0.2, 0.25) is 0 Å². The summed E-state index contributed by atoms with van der Waals surface area (Å²) in [5, 5.41) is 3.99. The number of aromatic nitrogens is 2. The minimum Gasteiger partial charge on any atom is -0.357 e. The lowest BCUT2D eigenvalue weighted by Crippen LogP contribution is -2.44. The number of piperidine rings is 1. The predicted molar refractivity (Wildman–Crippen MR) is 90.7 cm³/mol. The number of pyridine rings is 1. The van der Waals surface area contributed by atoms with Gasteiger partial charge in [0.05, 0.1) is 5.56 Å². The second kappa shape index (κ2) is 6.42. The Morgan fingerprint density at radius 3 is 2.91 bits per heavy atom. The van der Waals surface area contributed by atoms with Gasteiger partial charge in [0.1, 0.15) is 5.52 Å². The lowest BCUT2D eigenvalue weighted by Gasteiger charge is -2.32. The van der Waals surface area contributed by atoms with Gasteiger partial charge in [-0.15, -0.1) is 6.58 Å². The van der Waals surface area contributed by atoms with Crippen molar-refractivity contribution < 1.29 is 4.79 Å². The monoisotopic (exact) mass is 314 g/mol. The van der Waals surface area contributed by atoms with Crippen molar-refractivity contribution in [1.82, 2.24) is 19.8 Å². The van der Waals surface area contributed by atoms with Gasteiger partial charge in [-0.1, -0.05) is 6.08 Å². The molecule has 6 nitrogen and oxygen atoms in total. The molecule has 2 aromatic rings. The van der Waals surface area contributed by atoms with Crippen LogP contribution in [0.4, 0.5) is 0 Å². The van der Waals surface area contributed by atoms with Gasteiger partial charge >= 0.3 is 0 Å². The van der Waals surface area contributed by atoms with Gasteiger partial charge in [-0.25, -0.2) is 0 Å². The van der Waals surface area contributed by atoms with Crippen LogP contribution in [-0.4, -0.2) is 46.5 Å². The van der Waals surface area contributed by atoms with Gasteiger partial charge in [-0.3, -0.25) is 9.59 Å². The highest BCUT2D eigenvalue weighted by Crippen LogP contribution is 2.19. The molecule has 1 amide bonds. The number of H-pyrrole nitrogens is 1. The van der Waals surface area contributed by atoms with E-state index in [0.717, 1.165) is 25.9 Å². The summed E-state index contributed by atoms with van der Waals surface area (Å²) in [6.45, 7) is 5.91. The normalized spacial score (nSPS) is 15.7. The molecule has 0 saturated carbocycles. The van der Waals surface area contributed by atoms with Crippen LogP contribution in [0.3, 0.4) is 0 Å². The standard InChI is InChI=1S/C17H22N4O2/c1-3-10-21-11-14(13-6-9-19-15(13)17(21)23)16(22)20(2)12-4-7-18-8-5-12/h3,6,9,11-12,18-19H,1,4-5,7-8,10H2,2H3. The number of nitrogens with one attached hydrogen (secondary N) is 2. The fraction of sp³-hybridized carbons (Fsp3) is 0.412. The van der Waals surface area contributed by atoms with Crippen LogP contribution in [0.1, 0.15) is 23.2 Å². The average molecular weight is 314 g/mol. The smallest absolute Gasteiger partial charge is 0.275 e. The molecule has 0 aliphatic carbocycles. The molecule has 1 aliphatic rings. The Balaban J connectivity index is 2.02. The molecule has 1 saturated heterocycles. The molecule has 3 heterocycles. The van der Waals surface area contributed by atoms with Crippen LogP contribution >= 0.6 is 0 Å². The molecule has 23 heavy (non-hydrogen) atoms. The van der Waals surface area contributed by atoms with Crippen molar-refractivity contribution in [3.05, 3.63) is 47.0 Å². The number of amides is 1. The Hall–Kier alpha value is -2.34. The van der Waals surface area contributed by atoms with Gasteiger partial charge in [0, 0.05) is 37.4 Å². The molecule has 0 aromatic carbocycles. The van der Waals surface area contributed by atoms with Crippen molar-refractivity contribution in [3.8, 4) is 0 Å². The molecule has 1 aliphatic heterocycles. The molecule has 3 rings (SSSR count). The van der Waals surface area contributed by atoms with E-state index in [4.69, 9.17) is 0 Å². The van der Waals surface area contributed by atoms with E-state index in [1.807, 2.05) is 11.9 Å². The van der Waals surface area contributed by atoms with Crippen molar-refractivity contribution in [2.45, 2.75) is 25.4 Å². The van der Waals surface area contributed by atoms with Crippen molar-refractivity contribution >= 4 is 16.8 Å². The molecule has 0 spiro atoms. The maximum Gasteiger partial charge on any atom is 0.275 e. The number of carbonyl (C=O) groups is 1. The van der Waals surface area contributed by atoms with E-state index in [-0.39, 0.29) is 17.5 Å². The Labute approximate surface area is 134 Å². The van der Waals surface area contributed by atoms with Crippen LogP contribution in [0.5, 0.6) is 0 Å². The second-order valence-electron chi connectivity index (χ2n) is 5.95. The van der Waals surface area contributed by atoms with E-state index in [0.29, 0.717) is 23.0 Å². The summed E-state index contributed by atoms with van der Waals surface area (Å²) in [7, 11) is 1.85. The lowest BCUT2D eigenvalue weighted by molar-refractivity contribution is 0.0704. The Bertz CT molecular complexity index is 783. The summed E-state index contributed by atoms with van der Waals surface area (Å²) in [6, 6.07) is 2.02. The van der Waals surface area contributed by atoms with Crippen molar-refractivity contribution in [3.63, 3.8) is 0 Å². The zero-order valence-corrected chi connectivity index (χ0v) is 13.3. The number of aromatic amines is 1. The quantitative estimate of drug-likeness (QED) is 0.837. The van der Waals surface area contributed by atoms with Crippen LogP contribution in [-0.2, 0) is 6.54 Å². The first-order valence-corrected chi connectivity index (χ1v) is 7.92. The van der Waals surface area contributed by atoms with Gasteiger partial charge in [-0.2, -0.15) is 0 Å². The molecule has 0 atom stereocenters. The van der Waals surface area contributed by atoms with Crippen molar-refractivity contribution in [2.75, 3.05) is 20.1 Å². The van der Waals surface area contributed by atoms with Gasteiger partial charge in [-0.05, 0) is 32.0 Å². The summed E-state index contributed by atoms with van der Waals surface area (Å²) in [6.07, 6.45) is 6.91. The number of hydrogen-bond acceptors (Lipinski definition) is 3. The molecule has 0 unspecified atom stereocenters.